The molecule has 4 nitrogen and oxygen atoms in total. The second kappa shape index (κ2) is 3.41. The second-order valence-corrected chi connectivity index (χ2v) is 3.12. The van der Waals surface area contributed by atoms with Gasteiger partial charge in [0.25, 0.3) is 0 Å². The minimum atomic E-state index is 0.292. The van der Waals surface area contributed by atoms with Crippen molar-refractivity contribution in [2.75, 3.05) is 5.73 Å². The summed E-state index contributed by atoms with van der Waals surface area (Å²) in [7, 11) is 0. The number of hydrogen-bond acceptors (Lipinski definition) is 3. The van der Waals surface area contributed by atoms with Gasteiger partial charge in [0, 0.05) is 18.2 Å². The lowest BCUT2D eigenvalue weighted by atomic mass is 10.1. The maximum absolute atomic E-state index is 9.51. The van der Waals surface area contributed by atoms with Gasteiger partial charge >= 0.3 is 0 Å². The van der Waals surface area contributed by atoms with Crippen molar-refractivity contribution in [2.45, 2.75) is 6.42 Å². The van der Waals surface area contributed by atoms with E-state index in [0.717, 1.165) is 11.3 Å². The predicted octanol–water partition coefficient (Wildman–Crippen LogP) is 1.29. The Morgan fingerprint density at radius 2 is 2.14 bits per heavy atom. The molecule has 72 valence electrons. The Morgan fingerprint density at radius 1 is 1.36 bits per heavy atom. The van der Waals surface area contributed by atoms with Gasteiger partial charge in [-0.25, -0.2) is 0 Å². The molecule has 0 aliphatic carbocycles. The largest absolute Gasteiger partial charge is 0.508 e. The molecule has 1 aromatic heterocycles. The molecule has 0 spiro atoms. The van der Waals surface area contributed by atoms with Crippen LogP contribution in [0.2, 0.25) is 0 Å². The van der Waals surface area contributed by atoms with E-state index < -0.39 is 0 Å². The number of nitrogen functional groups attached to an aromatic ring is 1. The smallest absolute Gasteiger partial charge is 0.145 e. The number of anilines is 1. The first-order chi connectivity index (χ1) is 6.75. The van der Waals surface area contributed by atoms with Gasteiger partial charge in [-0.2, -0.15) is 5.10 Å². The molecule has 1 heterocycles. The summed E-state index contributed by atoms with van der Waals surface area (Å²) in [6, 6.07) is 8.96. The van der Waals surface area contributed by atoms with E-state index >= 15 is 0 Å². The SMILES string of the molecule is Nc1cc(Cc2ccccc2O)[nH]n1. The Balaban J connectivity index is 2.23. The van der Waals surface area contributed by atoms with E-state index in [1.54, 1.807) is 18.2 Å². The molecule has 14 heavy (non-hydrogen) atoms. The Labute approximate surface area is 81.4 Å². The van der Waals surface area contributed by atoms with Crippen LogP contribution in [-0.2, 0) is 6.42 Å². The zero-order valence-electron chi connectivity index (χ0n) is 7.57. The Bertz CT molecular complexity index is 436. The average molecular weight is 189 g/mol. The summed E-state index contributed by atoms with van der Waals surface area (Å²) >= 11 is 0. The van der Waals surface area contributed by atoms with Crippen molar-refractivity contribution in [3.8, 4) is 5.75 Å². The lowest BCUT2D eigenvalue weighted by molar-refractivity contribution is 0.469. The molecule has 0 saturated heterocycles. The van der Waals surface area contributed by atoms with Crippen LogP contribution in [0.3, 0.4) is 0 Å². The van der Waals surface area contributed by atoms with Gasteiger partial charge in [0.1, 0.15) is 11.6 Å². The highest BCUT2D eigenvalue weighted by atomic mass is 16.3. The summed E-state index contributed by atoms with van der Waals surface area (Å²) in [4.78, 5) is 0. The minimum Gasteiger partial charge on any atom is -0.508 e. The number of rotatable bonds is 2. The first-order valence-electron chi connectivity index (χ1n) is 4.32. The summed E-state index contributed by atoms with van der Waals surface area (Å²) in [5, 5.41) is 16.1. The van der Waals surface area contributed by atoms with E-state index in [9.17, 15) is 5.11 Å². The van der Waals surface area contributed by atoms with Gasteiger partial charge in [0.15, 0.2) is 0 Å². The molecule has 0 radical (unpaired) electrons. The van der Waals surface area contributed by atoms with Crippen LogP contribution in [0.5, 0.6) is 5.75 Å². The van der Waals surface area contributed by atoms with Gasteiger partial charge < -0.3 is 10.8 Å². The summed E-state index contributed by atoms with van der Waals surface area (Å²) in [6.07, 6.45) is 0.608. The molecular formula is C10H11N3O. The van der Waals surface area contributed by atoms with Gasteiger partial charge in [-0.1, -0.05) is 18.2 Å². The number of benzene rings is 1. The number of aromatic nitrogens is 2. The van der Waals surface area contributed by atoms with Crippen LogP contribution in [0.4, 0.5) is 5.82 Å². The molecule has 0 atom stereocenters. The predicted molar refractivity (Wildman–Crippen MR) is 53.9 cm³/mol. The summed E-state index contributed by atoms with van der Waals surface area (Å²) < 4.78 is 0. The summed E-state index contributed by atoms with van der Waals surface area (Å²) in [5.41, 5.74) is 7.22. The second-order valence-electron chi connectivity index (χ2n) is 3.12. The van der Waals surface area contributed by atoms with Gasteiger partial charge in [-0.05, 0) is 11.6 Å². The molecule has 0 fully saturated rings. The number of hydrogen-bond donors (Lipinski definition) is 3. The fraction of sp³-hybridized carbons (Fsp3) is 0.100. The van der Waals surface area contributed by atoms with E-state index in [2.05, 4.69) is 10.2 Å². The number of H-pyrrole nitrogens is 1. The normalized spacial score (nSPS) is 10.3. The molecule has 0 amide bonds. The van der Waals surface area contributed by atoms with Crippen LogP contribution in [0.1, 0.15) is 11.3 Å². The van der Waals surface area contributed by atoms with Crippen molar-refractivity contribution in [1.29, 1.82) is 0 Å². The van der Waals surface area contributed by atoms with Crippen molar-refractivity contribution >= 4 is 5.82 Å². The molecule has 0 aliphatic rings. The number of aromatic hydroxyl groups is 1. The average Bonchev–Trinajstić information content (AvgIpc) is 2.56. The zero-order valence-corrected chi connectivity index (χ0v) is 7.57. The van der Waals surface area contributed by atoms with Crippen LogP contribution in [0.25, 0.3) is 0 Å². The summed E-state index contributed by atoms with van der Waals surface area (Å²) in [5.74, 6) is 0.760. The molecular weight excluding hydrogens is 178 g/mol. The van der Waals surface area contributed by atoms with Crippen LogP contribution in [0.15, 0.2) is 30.3 Å². The molecule has 0 saturated carbocycles. The van der Waals surface area contributed by atoms with Gasteiger partial charge in [0.05, 0.1) is 0 Å². The lowest BCUT2D eigenvalue weighted by Gasteiger charge is -2.00. The first-order valence-corrected chi connectivity index (χ1v) is 4.32. The molecule has 4 N–H and O–H groups in total. The van der Waals surface area contributed by atoms with Gasteiger partial charge in [0.2, 0.25) is 0 Å². The van der Waals surface area contributed by atoms with Crippen molar-refractivity contribution in [3.05, 3.63) is 41.6 Å². The number of nitrogens with zero attached hydrogens (tertiary/aromatic N) is 1. The summed E-state index contributed by atoms with van der Waals surface area (Å²) in [6.45, 7) is 0. The lowest BCUT2D eigenvalue weighted by Crippen LogP contribution is -1.88. The number of aromatic amines is 1. The third-order valence-electron chi connectivity index (χ3n) is 2.02. The molecule has 1 aromatic carbocycles. The Hall–Kier alpha value is -1.97. The van der Waals surface area contributed by atoms with Crippen molar-refractivity contribution < 1.29 is 5.11 Å². The Kier molecular flexibility index (Phi) is 2.10. The third-order valence-corrected chi connectivity index (χ3v) is 2.02. The van der Waals surface area contributed by atoms with Crippen molar-refractivity contribution in [2.24, 2.45) is 0 Å². The third kappa shape index (κ3) is 1.69. The highest BCUT2D eigenvalue weighted by molar-refractivity contribution is 5.37. The van der Waals surface area contributed by atoms with Crippen LogP contribution in [-0.4, -0.2) is 15.3 Å². The standard InChI is InChI=1S/C10H11N3O/c11-10-6-8(12-13-10)5-7-3-1-2-4-9(7)14/h1-4,6,14H,5H2,(H3,11,12,13). The maximum atomic E-state index is 9.51. The first kappa shape index (κ1) is 8.62. The van der Waals surface area contributed by atoms with Crippen molar-refractivity contribution in [3.63, 3.8) is 0 Å². The fourth-order valence-electron chi connectivity index (χ4n) is 1.34. The topological polar surface area (TPSA) is 74.9 Å². The zero-order chi connectivity index (χ0) is 9.97. The quantitative estimate of drug-likeness (QED) is 0.666. The van der Waals surface area contributed by atoms with Crippen LogP contribution in [0, 0.1) is 0 Å². The van der Waals surface area contributed by atoms with Crippen LogP contribution < -0.4 is 5.73 Å². The minimum absolute atomic E-state index is 0.292. The highest BCUT2D eigenvalue weighted by Crippen LogP contribution is 2.19. The van der Waals surface area contributed by atoms with E-state index in [1.807, 2.05) is 12.1 Å². The molecule has 4 heteroatoms. The monoisotopic (exact) mass is 189 g/mol. The number of nitrogens with two attached hydrogens (primary N) is 1. The van der Waals surface area contributed by atoms with E-state index in [4.69, 9.17) is 5.73 Å². The Morgan fingerprint density at radius 3 is 2.79 bits per heavy atom. The molecule has 0 aliphatic heterocycles. The van der Waals surface area contributed by atoms with E-state index in [-0.39, 0.29) is 0 Å². The van der Waals surface area contributed by atoms with Gasteiger partial charge in [-0.3, -0.25) is 5.10 Å². The number of nitrogens with one attached hydrogen (secondary N) is 1. The van der Waals surface area contributed by atoms with E-state index in [1.165, 1.54) is 0 Å². The number of phenolic OH excluding ortho intramolecular Hbond substituents is 1. The van der Waals surface area contributed by atoms with Crippen LogP contribution >= 0.6 is 0 Å². The fourth-order valence-corrected chi connectivity index (χ4v) is 1.34. The molecule has 2 aromatic rings. The molecule has 0 bridgehead atoms. The molecule has 2 rings (SSSR count). The highest BCUT2D eigenvalue weighted by Gasteiger charge is 2.03. The number of para-hydroxylation sites is 1. The van der Waals surface area contributed by atoms with E-state index in [0.29, 0.717) is 18.0 Å². The maximum Gasteiger partial charge on any atom is 0.145 e. The van der Waals surface area contributed by atoms with Crippen molar-refractivity contribution in [1.82, 2.24) is 10.2 Å². The molecule has 0 unspecified atom stereocenters. The number of phenols is 1. The van der Waals surface area contributed by atoms with Gasteiger partial charge in [-0.15, -0.1) is 0 Å².